The molecular weight excluding hydrogens is 326 g/mol. The number of rotatable bonds is 4. The maximum atomic E-state index is 12.4. The monoisotopic (exact) mass is 343 g/mol. The molecule has 3 aromatic rings. The Morgan fingerprint density at radius 2 is 2.25 bits per heavy atom. The van der Waals surface area contributed by atoms with E-state index >= 15 is 0 Å². The molecule has 0 saturated carbocycles. The van der Waals surface area contributed by atoms with Crippen LogP contribution >= 0.6 is 11.3 Å². The van der Waals surface area contributed by atoms with Gasteiger partial charge in [0.1, 0.15) is 16.8 Å². The van der Waals surface area contributed by atoms with Crippen LogP contribution in [0.3, 0.4) is 0 Å². The number of aryl methyl sites for hydroxylation is 1. The van der Waals surface area contributed by atoms with Gasteiger partial charge in [-0.15, -0.1) is 11.3 Å². The number of amides is 1. The van der Waals surface area contributed by atoms with Gasteiger partial charge < -0.3 is 10.4 Å². The standard InChI is InChI=1S/C17H17N3O3S/c1-11-5-6-20-14(8-11)18-9-12(16(20)22)15(21)19-10-17(2,23)13-4-3-7-24-13/h3-9,23H,10H2,1-2H3,(H,19,21). The highest BCUT2D eigenvalue weighted by Crippen LogP contribution is 2.24. The number of aromatic nitrogens is 2. The average Bonchev–Trinajstić information content (AvgIpc) is 3.08. The van der Waals surface area contributed by atoms with E-state index in [2.05, 4.69) is 10.3 Å². The summed E-state index contributed by atoms with van der Waals surface area (Å²) in [5.74, 6) is -0.556. The highest BCUT2D eigenvalue weighted by molar-refractivity contribution is 7.10. The summed E-state index contributed by atoms with van der Waals surface area (Å²) < 4.78 is 1.33. The molecule has 0 aliphatic heterocycles. The summed E-state index contributed by atoms with van der Waals surface area (Å²) in [5, 5.41) is 14.9. The number of aliphatic hydroxyl groups is 1. The Balaban J connectivity index is 1.83. The van der Waals surface area contributed by atoms with Crippen LogP contribution in [0.15, 0.2) is 46.8 Å². The van der Waals surface area contributed by atoms with E-state index in [4.69, 9.17) is 0 Å². The fourth-order valence-electron chi connectivity index (χ4n) is 2.35. The summed E-state index contributed by atoms with van der Waals surface area (Å²) >= 11 is 1.40. The van der Waals surface area contributed by atoms with Crippen molar-refractivity contribution in [2.75, 3.05) is 6.54 Å². The number of carbonyl (C=O) groups is 1. The van der Waals surface area contributed by atoms with Crippen molar-refractivity contribution >= 4 is 22.9 Å². The lowest BCUT2D eigenvalue weighted by Gasteiger charge is -2.22. The van der Waals surface area contributed by atoms with E-state index in [0.717, 1.165) is 10.4 Å². The summed E-state index contributed by atoms with van der Waals surface area (Å²) in [4.78, 5) is 29.7. The molecule has 0 fully saturated rings. The fraction of sp³-hybridized carbons (Fsp3) is 0.235. The van der Waals surface area contributed by atoms with Crippen LogP contribution in [0.1, 0.15) is 27.7 Å². The Kier molecular flexibility index (Phi) is 4.21. The van der Waals surface area contributed by atoms with Gasteiger partial charge in [-0.05, 0) is 43.0 Å². The van der Waals surface area contributed by atoms with Gasteiger partial charge in [0.25, 0.3) is 11.5 Å². The first kappa shape index (κ1) is 16.4. The molecule has 0 bridgehead atoms. The summed E-state index contributed by atoms with van der Waals surface area (Å²) in [6, 6.07) is 7.17. The molecule has 0 spiro atoms. The molecule has 1 atom stereocenters. The second-order valence-electron chi connectivity index (χ2n) is 5.84. The lowest BCUT2D eigenvalue weighted by atomic mass is 10.1. The fourth-order valence-corrected chi connectivity index (χ4v) is 3.14. The average molecular weight is 343 g/mol. The molecule has 0 saturated heterocycles. The predicted octanol–water partition coefficient (Wildman–Crippen LogP) is 1.70. The van der Waals surface area contributed by atoms with Crippen LogP contribution in [0.2, 0.25) is 0 Å². The van der Waals surface area contributed by atoms with Gasteiger partial charge >= 0.3 is 0 Å². The Morgan fingerprint density at radius 1 is 1.46 bits per heavy atom. The van der Waals surface area contributed by atoms with Crippen LogP contribution in [-0.2, 0) is 5.60 Å². The molecule has 0 aliphatic rings. The van der Waals surface area contributed by atoms with Gasteiger partial charge in [-0.2, -0.15) is 0 Å². The smallest absolute Gasteiger partial charge is 0.270 e. The Labute approximate surface area is 142 Å². The molecule has 1 unspecified atom stereocenters. The van der Waals surface area contributed by atoms with Crippen LogP contribution in [0, 0.1) is 6.92 Å². The van der Waals surface area contributed by atoms with Crippen LogP contribution < -0.4 is 10.9 Å². The van der Waals surface area contributed by atoms with Crippen molar-refractivity contribution in [3.05, 3.63) is 68.4 Å². The Hall–Kier alpha value is -2.51. The SMILES string of the molecule is Cc1ccn2c(=O)c(C(=O)NCC(C)(O)c3cccs3)cnc2c1. The van der Waals surface area contributed by atoms with Gasteiger partial charge in [-0.1, -0.05) is 6.07 Å². The van der Waals surface area contributed by atoms with E-state index in [1.807, 2.05) is 18.4 Å². The molecule has 6 nitrogen and oxygen atoms in total. The van der Waals surface area contributed by atoms with Crippen molar-refractivity contribution in [1.29, 1.82) is 0 Å². The summed E-state index contributed by atoms with van der Waals surface area (Å²) in [6.07, 6.45) is 2.87. The molecule has 0 radical (unpaired) electrons. The van der Waals surface area contributed by atoms with E-state index in [-0.39, 0.29) is 12.1 Å². The first-order valence-corrected chi connectivity index (χ1v) is 8.29. The molecule has 24 heavy (non-hydrogen) atoms. The number of carbonyl (C=O) groups excluding carboxylic acids is 1. The number of hydrogen-bond donors (Lipinski definition) is 2. The quantitative estimate of drug-likeness (QED) is 0.755. The zero-order valence-electron chi connectivity index (χ0n) is 13.3. The normalized spacial score (nSPS) is 13.6. The summed E-state index contributed by atoms with van der Waals surface area (Å²) in [5.41, 5.74) is -0.221. The second-order valence-corrected chi connectivity index (χ2v) is 6.79. The van der Waals surface area contributed by atoms with Crippen molar-refractivity contribution in [2.45, 2.75) is 19.4 Å². The minimum absolute atomic E-state index is 0.00237. The molecule has 2 N–H and O–H groups in total. The maximum absolute atomic E-state index is 12.4. The lowest BCUT2D eigenvalue weighted by molar-refractivity contribution is 0.0556. The van der Waals surface area contributed by atoms with Gasteiger partial charge in [0.05, 0.1) is 6.54 Å². The van der Waals surface area contributed by atoms with Gasteiger partial charge in [0, 0.05) is 17.3 Å². The number of pyridine rings is 1. The number of hydrogen-bond acceptors (Lipinski definition) is 5. The molecule has 0 aliphatic carbocycles. The van der Waals surface area contributed by atoms with E-state index in [1.165, 1.54) is 21.9 Å². The number of thiophene rings is 1. The van der Waals surface area contributed by atoms with Crippen molar-refractivity contribution in [1.82, 2.24) is 14.7 Å². The van der Waals surface area contributed by atoms with E-state index in [1.54, 1.807) is 31.3 Å². The van der Waals surface area contributed by atoms with Crippen molar-refractivity contribution < 1.29 is 9.90 Å². The molecule has 124 valence electrons. The van der Waals surface area contributed by atoms with Crippen LogP contribution in [-0.4, -0.2) is 26.9 Å². The van der Waals surface area contributed by atoms with Crippen LogP contribution in [0.25, 0.3) is 5.65 Å². The van der Waals surface area contributed by atoms with E-state index < -0.39 is 17.1 Å². The van der Waals surface area contributed by atoms with Crippen LogP contribution in [0.4, 0.5) is 0 Å². The molecular formula is C17H17N3O3S. The first-order valence-electron chi connectivity index (χ1n) is 7.41. The lowest BCUT2D eigenvalue weighted by Crippen LogP contribution is -2.40. The van der Waals surface area contributed by atoms with Gasteiger partial charge in [-0.25, -0.2) is 4.98 Å². The third kappa shape index (κ3) is 3.08. The Morgan fingerprint density at radius 3 is 2.96 bits per heavy atom. The molecule has 3 rings (SSSR count). The number of nitrogens with one attached hydrogen (secondary N) is 1. The Bertz CT molecular complexity index is 945. The summed E-state index contributed by atoms with van der Waals surface area (Å²) in [7, 11) is 0. The molecule has 1 amide bonds. The minimum atomic E-state index is -1.19. The van der Waals surface area contributed by atoms with Gasteiger partial charge in [-0.3, -0.25) is 14.0 Å². The minimum Gasteiger partial charge on any atom is -0.383 e. The third-order valence-electron chi connectivity index (χ3n) is 3.76. The molecule has 0 aromatic carbocycles. The van der Waals surface area contributed by atoms with Crippen molar-refractivity contribution in [3.8, 4) is 0 Å². The number of nitrogens with zero attached hydrogens (tertiary/aromatic N) is 2. The zero-order chi connectivity index (χ0) is 17.3. The highest BCUT2D eigenvalue weighted by Gasteiger charge is 2.25. The van der Waals surface area contributed by atoms with E-state index in [9.17, 15) is 14.7 Å². The van der Waals surface area contributed by atoms with Gasteiger partial charge in [0.15, 0.2) is 0 Å². The second kappa shape index (κ2) is 6.18. The molecule has 7 heteroatoms. The van der Waals surface area contributed by atoms with Crippen molar-refractivity contribution in [2.24, 2.45) is 0 Å². The molecule has 3 aromatic heterocycles. The van der Waals surface area contributed by atoms with Gasteiger partial charge in [0.2, 0.25) is 0 Å². The zero-order valence-corrected chi connectivity index (χ0v) is 14.1. The predicted molar refractivity (Wildman–Crippen MR) is 92.4 cm³/mol. The molecule has 3 heterocycles. The van der Waals surface area contributed by atoms with Crippen LogP contribution in [0.5, 0.6) is 0 Å². The maximum Gasteiger partial charge on any atom is 0.270 e. The highest BCUT2D eigenvalue weighted by atomic mass is 32.1. The topological polar surface area (TPSA) is 83.7 Å². The third-order valence-corrected chi connectivity index (χ3v) is 4.88. The first-order chi connectivity index (χ1) is 11.4. The summed E-state index contributed by atoms with van der Waals surface area (Å²) in [6.45, 7) is 3.52. The largest absolute Gasteiger partial charge is 0.383 e. The number of fused-ring (bicyclic) bond motifs is 1. The van der Waals surface area contributed by atoms with Crippen molar-refractivity contribution in [3.63, 3.8) is 0 Å². The van der Waals surface area contributed by atoms with E-state index in [0.29, 0.717) is 5.65 Å².